The Hall–Kier alpha value is -2.94. The van der Waals surface area contributed by atoms with Crippen LogP contribution in [0.25, 0.3) is 10.9 Å². The van der Waals surface area contributed by atoms with Gasteiger partial charge in [-0.3, -0.25) is 19.0 Å². The van der Waals surface area contributed by atoms with Gasteiger partial charge in [-0.15, -0.1) is 0 Å². The number of ether oxygens (including phenoxy) is 1. The van der Waals surface area contributed by atoms with Crippen LogP contribution in [0.4, 0.5) is 0 Å². The van der Waals surface area contributed by atoms with Crippen LogP contribution in [-0.2, 0) is 27.4 Å². The van der Waals surface area contributed by atoms with Crippen LogP contribution in [0.2, 0.25) is 10.0 Å². The van der Waals surface area contributed by atoms with Crippen molar-refractivity contribution in [3.8, 4) is 0 Å². The van der Waals surface area contributed by atoms with Gasteiger partial charge in [0.05, 0.1) is 27.3 Å². The van der Waals surface area contributed by atoms with Crippen LogP contribution in [0, 0.1) is 0 Å². The smallest absolute Gasteiger partial charge is 0.261 e. The molecule has 1 saturated heterocycles. The molecule has 0 radical (unpaired) electrons. The minimum Gasteiger partial charge on any atom is -0.375 e. The summed E-state index contributed by atoms with van der Waals surface area (Å²) < 4.78 is 6.29. The third-order valence-corrected chi connectivity index (χ3v) is 7.31. The second kappa shape index (κ2) is 11.4. The fraction of sp³-hybridized carbons (Fsp3) is 0.385. The summed E-state index contributed by atoms with van der Waals surface area (Å²) in [5.41, 5.74) is 2.21. The molecule has 0 saturated carbocycles. The van der Waals surface area contributed by atoms with Gasteiger partial charge in [0, 0.05) is 33.8 Å². The molecule has 0 N–H and O–H groups in total. The second-order valence-electron chi connectivity index (χ2n) is 9.04. The molecular weight excluding hydrogens is 503 g/mol. The maximum absolute atomic E-state index is 13.2. The lowest BCUT2D eigenvalue weighted by molar-refractivity contribution is -0.136. The van der Waals surface area contributed by atoms with E-state index in [2.05, 4.69) is 4.98 Å². The number of piperidine rings is 1. The maximum atomic E-state index is 13.2. The molecular formula is C26H28Cl2N4O4. The fourth-order valence-corrected chi connectivity index (χ4v) is 4.81. The number of hydrogen-bond acceptors (Lipinski definition) is 5. The van der Waals surface area contributed by atoms with Crippen LogP contribution < -0.4 is 5.56 Å². The highest BCUT2D eigenvalue weighted by molar-refractivity contribution is 6.42. The van der Waals surface area contributed by atoms with E-state index in [1.165, 1.54) is 22.9 Å². The molecule has 1 fully saturated rings. The highest BCUT2D eigenvalue weighted by atomic mass is 35.5. The number of likely N-dealkylation sites (N-methyl/N-ethyl adjacent to an activating group) is 1. The maximum Gasteiger partial charge on any atom is 0.261 e. The van der Waals surface area contributed by atoms with E-state index in [1.54, 1.807) is 25.2 Å². The molecule has 1 aromatic heterocycles. The highest BCUT2D eigenvalue weighted by Gasteiger charge is 2.24. The zero-order chi connectivity index (χ0) is 25.8. The average molecular weight is 531 g/mol. The van der Waals surface area contributed by atoms with Crippen LogP contribution in [0.3, 0.4) is 0 Å². The first-order valence-corrected chi connectivity index (χ1v) is 12.5. The van der Waals surface area contributed by atoms with Gasteiger partial charge in [-0.25, -0.2) is 4.98 Å². The number of amides is 2. The summed E-state index contributed by atoms with van der Waals surface area (Å²) in [7, 11) is 3.19. The molecule has 10 heteroatoms. The molecule has 190 valence electrons. The van der Waals surface area contributed by atoms with Crippen LogP contribution in [-0.4, -0.2) is 65.0 Å². The lowest BCUT2D eigenvalue weighted by Gasteiger charge is -2.32. The van der Waals surface area contributed by atoms with Crippen LogP contribution in [0.15, 0.2) is 47.5 Å². The van der Waals surface area contributed by atoms with Crippen molar-refractivity contribution in [2.75, 3.05) is 33.9 Å². The molecule has 4 rings (SSSR count). The second-order valence-corrected chi connectivity index (χ2v) is 9.85. The number of halogens is 2. The van der Waals surface area contributed by atoms with E-state index >= 15 is 0 Å². The van der Waals surface area contributed by atoms with Gasteiger partial charge < -0.3 is 14.5 Å². The molecule has 3 aromatic rings. The summed E-state index contributed by atoms with van der Waals surface area (Å²) >= 11 is 12.0. The average Bonchev–Trinajstić information content (AvgIpc) is 2.88. The van der Waals surface area contributed by atoms with E-state index in [4.69, 9.17) is 27.9 Å². The highest BCUT2D eigenvalue weighted by Crippen LogP contribution is 2.29. The zero-order valence-electron chi connectivity index (χ0n) is 20.2. The number of carbonyl (C=O) groups is 2. The van der Waals surface area contributed by atoms with Gasteiger partial charge >= 0.3 is 0 Å². The van der Waals surface area contributed by atoms with Crippen LogP contribution >= 0.6 is 23.2 Å². The fourth-order valence-electron chi connectivity index (χ4n) is 4.49. The van der Waals surface area contributed by atoms with Crippen molar-refractivity contribution < 1.29 is 14.3 Å². The number of carbonyl (C=O) groups excluding carboxylic acids is 2. The van der Waals surface area contributed by atoms with Crippen molar-refractivity contribution in [3.63, 3.8) is 0 Å². The lowest BCUT2D eigenvalue weighted by Crippen LogP contribution is -2.39. The number of rotatable bonds is 7. The Bertz CT molecular complexity index is 1340. The Kier molecular flexibility index (Phi) is 8.28. The normalized spacial score (nSPS) is 14.3. The lowest BCUT2D eigenvalue weighted by atomic mass is 9.89. The van der Waals surface area contributed by atoms with Crippen molar-refractivity contribution in [2.45, 2.75) is 31.8 Å². The van der Waals surface area contributed by atoms with E-state index in [0.717, 1.165) is 24.0 Å². The summed E-state index contributed by atoms with van der Waals surface area (Å²) in [6.07, 6.45) is 3.04. The Balaban J connectivity index is 1.46. The molecule has 2 aromatic carbocycles. The third-order valence-electron chi connectivity index (χ3n) is 6.57. The number of likely N-dealkylation sites (tertiary alicyclic amines) is 1. The molecule has 0 bridgehead atoms. The van der Waals surface area contributed by atoms with Crippen LogP contribution in [0.1, 0.15) is 29.9 Å². The standard InChI is InChI=1S/C26H28Cl2N4O4/c1-30(13-17-3-5-21(27)22(28)11-17)24(33)14-32-16-29-23-6-4-19(12-20(23)26(32)35)18-7-9-31(10-8-18)25(34)15-36-2/h3-6,11-12,16,18H,7-10,13-15H2,1-2H3. The Morgan fingerprint density at radius 2 is 1.86 bits per heavy atom. The van der Waals surface area contributed by atoms with E-state index in [-0.39, 0.29) is 36.4 Å². The van der Waals surface area contributed by atoms with Crippen molar-refractivity contribution in [1.82, 2.24) is 19.4 Å². The van der Waals surface area contributed by atoms with Gasteiger partial charge in [-0.05, 0) is 54.2 Å². The Labute approximate surface area is 219 Å². The monoisotopic (exact) mass is 530 g/mol. The largest absolute Gasteiger partial charge is 0.375 e. The molecule has 1 aliphatic rings. The SMILES string of the molecule is COCC(=O)N1CCC(c2ccc3ncn(CC(=O)N(C)Cc4ccc(Cl)c(Cl)c4)c(=O)c3c2)CC1. The third kappa shape index (κ3) is 5.88. The first-order chi connectivity index (χ1) is 17.3. The number of fused-ring (bicyclic) bond motifs is 1. The summed E-state index contributed by atoms with van der Waals surface area (Å²) in [5.74, 6) is 0.0110. The van der Waals surface area contributed by atoms with Gasteiger partial charge in [-0.2, -0.15) is 0 Å². The van der Waals surface area contributed by atoms with Gasteiger partial charge in [0.25, 0.3) is 5.56 Å². The van der Waals surface area contributed by atoms with Crippen molar-refractivity contribution in [2.24, 2.45) is 0 Å². The molecule has 8 nitrogen and oxygen atoms in total. The van der Waals surface area contributed by atoms with E-state index in [9.17, 15) is 14.4 Å². The van der Waals surface area contributed by atoms with Gasteiger partial charge in [0.1, 0.15) is 13.2 Å². The van der Waals surface area contributed by atoms with Crippen LogP contribution in [0.5, 0.6) is 0 Å². The van der Waals surface area contributed by atoms with Crippen molar-refractivity contribution in [1.29, 1.82) is 0 Å². The molecule has 0 spiro atoms. The number of methoxy groups -OCH3 is 1. The van der Waals surface area contributed by atoms with Gasteiger partial charge in [-0.1, -0.05) is 35.3 Å². The molecule has 0 aliphatic carbocycles. The molecule has 0 unspecified atom stereocenters. The Morgan fingerprint density at radius 1 is 1.11 bits per heavy atom. The summed E-state index contributed by atoms with van der Waals surface area (Å²) in [6, 6.07) is 10.9. The van der Waals surface area contributed by atoms with Gasteiger partial charge in [0.2, 0.25) is 11.8 Å². The first kappa shape index (κ1) is 26.1. The van der Waals surface area contributed by atoms with Crippen molar-refractivity contribution in [3.05, 3.63) is 74.3 Å². The van der Waals surface area contributed by atoms with E-state index in [0.29, 0.717) is 40.6 Å². The zero-order valence-corrected chi connectivity index (χ0v) is 21.8. The molecule has 0 atom stereocenters. The first-order valence-electron chi connectivity index (χ1n) is 11.7. The van der Waals surface area contributed by atoms with Crippen molar-refractivity contribution >= 4 is 45.9 Å². The molecule has 2 heterocycles. The minimum absolute atomic E-state index is 0.00431. The minimum atomic E-state index is -0.258. The predicted octanol–water partition coefficient (Wildman–Crippen LogP) is 3.71. The summed E-state index contributed by atoms with van der Waals surface area (Å²) in [5, 5.41) is 1.36. The molecule has 2 amide bonds. The topological polar surface area (TPSA) is 84.7 Å². The van der Waals surface area contributed by atoms with E-state index in [1.807, 2.05) is 23.1 Å². The molecule has 36 heavy (non-hydrogen) atoms. The summed E-state index contributed by atoms with van der Waals surface area (Å²) in [6.45, 7) is 1.61. The number of aromatic nitrogens is 2. The summed E-state index contributed by atoms with van der Waals surface area (Å²) in [4.78, 5) is 45.9. The number of hydrogen-bond donors (Lipinski definition) is 0. The predicted molar refractivity (Wildman–Crippen MR) is 139 cm³/mol. The van der Waals surface area contributed by atoms with Gasteiger partial charge in [0.15, 0.2) is 0 Å². The number of benzene rings is 2. The van der Waals surface area contributed by atoms with E-state index < -0.39 is 0 Å². The number of nitrogens with zero attached hydrogens (tertiary/aromatic N) is 4. The molecule has 1 aliphatic heterocycles. The quantitative estimate of drug-likeness (QED) is 0.464. The Morgan fingerprint density at radius 3 is 2.56 bits per heavy atom.